The van der Waals surface area contributed by atoms with E-state index in [1.807, 2.05) is 0 Å². The smallest absolute Gasteiger partial charge is 0.255 e. The Morgan fingerprint density at radius 3 is 2.39 bits per heavy atom. The number of phenols is 1. The molecule has 222 valence electrons. The number of piperidine rings is 1. The number of nitrogens with two attached hydrogens (primary N) is 1. The van der Waals surface area contributed by atoms with Crippen LogP contribution >= 0.6 is 0 Å². The molecule has 41 heavy (non-hydrogen) atoms. The Hall–Kier alpha value is -3.29. The molecule has 3 aliphatic carbocycles. The van der Waals surface area contributed by atoms with Crippen molar-refractivity contribution in [3.63, 3.8) is 0 Å². The molecule has 4 aliphatic rings. The van der Waals surface area contributed by atoms with E-state index in [2.05, 4.69) is 17.3 Å². The molecule has 12 heteroatoms. The highest BCUT2D eigenvalue weighted by molar-refractivity contribution is 6.24. The SMILES string of the molecule is CC1c2ccc(CNC3CCN(C)CC3)c(O)c2C(O)=C2C(=O)C3(O)C(O)=C(C(N)=O)C(=O)C(N(C)C)C3C(O)C21. The molecule has 1 aromatic rings. The van der Waals surface area contributed by atoms with E-state index in [1.54, 1.807) is 19.1 Å². The number of phenolic OH excluding ortho intramolecular Hbond substituents is 1. The molecular formula is C29H38N4O8. The summed E-state index contributed by atoms with van der Waals surface area (Å²) in [5.74, 6) is -8.85. The van der Waals surface area contributed by atoms with E-state index in [-0.39, 0.29) is 17.4 Å². The van der Waals surface area contributed by atoms with Gasteiger partial charge < -0.3 is 41.5 Å². The molecule has 0 bridgehead atoms. The summed E-state index contributed by atoms with van der Waals surface area (Å²) in [5.41, 5.74) is 2.09. The number of Topliss-reactive ketones (excluding diaryl/α,β-unsaturated/α-hetero) is 2. The maximum Gasteiger partial charge on any atom is 0.255 e. The zero-order valence-corrected chi connectivity index (χ0v) is 23.6. The highest BCUT2D eigenvalue weighted by atomic mass is 16.4. The Morgan fingerprint density at radius 1 is 1.17 bits per heavy atom. The monoisotopic (exact) mass is 570 g/mol. The summed E-state index contributed by atoms with van der Waals surface area (Å²) < 4.78 is 0. The van der Waals surface area contributed by atoms with Crippen LogP contribution in [0.15, 0.2) is 29.0 Å². The molecule has 6 atom stereocenters. The van der Waals surface area contributed by atoms with Gasteiger partial charge in [-0.2, -0.15) is 0 Å². The molecular weight excluding hydrogens is 532 g/mol. The van der Waals surface area contributed by atoms with Gasteiger partial charge in [-0.15, -0.1) is 0 Å². The summed E-state index contributed by atoms with van der Waals surface area (Å²) >= 11 is 0. The number of hydrogen-bond donors (Lipinski definition) is 7. The summed E-state index contributed by atoms with van der Waals surface area (Å²) in [6, 6.07) is 2.34. The minimum atomic E-state index is -2.92. The van der Waals surface area contributed by atoms with E-state index in [4.69, 9.17) is 5.73 Å². The zero-order chi connectivity index (χ0) is 30.1. The van der Waals surface area contributed by atoms with Gasteiger partial charge in [0, 0.05) is 29.6 Å². The van der Waals surface area contributed by atoms with Gasteiger partial charge in [-0.05, 0) is 58.6 Å². The van der Waals surface area contributed by atoms with Crippen LogP contribution in [0.5, 0.6) is 5.75 Å². The fourth-order valence-corrected chi connectivity index (χ4v) is 7.27. The van der Waals surface area contributed by atoms with Gasteiger partial charge >= 0.3 is 0 Å². The predicted octanol–water partition coefficient (Wildman–Crippen LogP) is -0.320. The lowest BCUT2D eigenvalue weighted by molar-refractivity contribution is -0.169. The number of nitrogens with zero attached hydrogens (tertiary/aromatic N) is 2. The van der Waals surface area contributed by atoms with Gasteiger partial charge in [0.1, 0.15) is 22.8 Å². The van der Waals surface area contributed by atoms with Crippen molar-refractivity contribution in [2.45, 2.75) is 56.0 Å². The molecule has 1 aromatic carbocycles. The van der Waals surface area contributed by atoms with Crippen LogP contribution in [0.2, 0.25) is 0 Å². The Bertz CT molecular complexity index is 1380. The van der Waals surface area contributed by atoms with Crippen molar-refractivity contribution in [1.82, 2.24) is 15.1 Å². The fraction of sp³-hybridized carbons (Fsp3) is 0.552. The quantitative estimate of drug-likeness (QED) is 0.229. The minimum absolute atomic E-state index is 0.00340. The molecule has 1 heterocycles. The van der Waals surface area contributed by atoms with Crippen molar-refractivity contribution in [2.75, 3.05) is 34.2 Å². The van der Waals surface area contributed by atoms with Crippen LogP contribution < -0.4 is 11.1 Å². The molecule has 0 spiro atoms. The third kappa shape index (κ3) is 4.19. The average molecular weight is 571 g/mol. The van der Waals surface area contributed by atoms with Crippen LogP contribution in [0, 0.1) is 11.8 Å². The molecule has 1 aliphatic heterocycles. The van der Waals surface area contributed by atoms with Gasteiger partial charge in [-0.3, -0.25) is 19.3 Å². The predicted molar refractivity (Wildman–Crippen MR) is 148 cm³/mol. The van der Waals surface area contributed by atoms with E-state index in [1.165, 1.54) is 19.0 Å². The van der Waals surface area contributed by atoms with Crippen LogP contribution in [0.1, 0.15) is 42.4 Å². The van der Waals surface area contributed by atoms with Crippen LogP contribution in [0.4, 0.5) is 0 Å². The molecule has 1 saturated carbocycles. The Morgan fingerprint density at radius 2 is 1.80 bits per heavy atom. The van der Waals surface area contributed by atoms with Gasteiger partial charge in [0.25, 0.3) is 5.91 Å². The zero-order valence-electron chi connectivity index (χ0n) is 23.6. The van der Waals surface area contributed by atoms with Crippen molar-refractivity contribution in [3.05, 3.63) is 45.7 Å². The molecule has 12 nitrogen and oxygen atoms in total. The number of benzene rings is 1. The second-order valence-corrected chi connectivity index (χ2v) is 12.0. The lowest BCUT2D eigenvalue weighted by Gasteiger charge is -2.53. The maximum atomic E-state index is 14.1. The van der Waals surface area contributed by atoms with E-state index in [0.717, 1.165) is 25.9 Å². The number of amides is 1. The van der Waals surface area contributed by atoms with Crippen molar-refractivity contribution in [1.29, 1.82) is 0 Å². The summed E-state index contributed by atoms with van der Waals surface area (Å²) in [6.07, 6.45) is 0.283. The first kappa shape index (κ1) is 29.2. The number of likely N-dealkylation sites (tertiary alicyclic amines) is 1. The first-order chi connectivity index (χ1) is 19.2. The molecule has 0 radical (unpaired) electrons. The summed E-state index contributed by atoms with van der Waals surface area (Å²) in [7, 11) is 5.01. The number of aliphatic hydroxyl groups is 4. The molecule has 0 aromatic heterocycles. The Labute approximate surface area is 237 Å². The van der Waals surface area contributed by atoms with Crippen molar-refractivity contribution in [3.8, 4) is 5.75 Å². The largest absolute Gasteiger partial charge is 0.508 e. The summed E-state index contributed by atoms with van der Waals surface area (Å²) in [5, 5.41) is 60.7. The second-order valence-electron chi connectivity index (χ2n) is 12.0. The van der Waals surface area contributed by atoms with E-state index in [9.17, 15) is 39.9 Å². The second kappa shape index (κ2) is 10.2. The molecule has 5 rings (SSSR count). The molecule has 8 N–H and O–H groups in total. The number of nitrogens with one attached hydrogen (secondary N) is 1. The minimum Gasteiger partial charge on any atom is -0.508 e. The third-order valence-electron chi connectivity index (χ3n) is 9.51. The number of hydrogen-bond acceptors (Lipinski definition) is 11. The maximum absolute atomic E-state index is 14.1. The number of fused-ring (bicyclic) bond motifs is 3. The van der Waals surface area contributed by atoms with Crippen LogP contribution in [0.25, 0.3) is 5.76 Å². The Balaban J connectivity index is 1.61. The Kier molecular flexibility index (Phi) is 7.27. The third-order valence-corrected chi connectivity index (χ3v) is 9.51. The van der Waals surface area contributed by atoms with Crippen molar-refractivity contribution < 1.29 is 39.9 Å². The number of aromatic hydroxyl groups is 1. The van der Waals surface area contributed by atoms with Crippen molar-refractivity contribution in [2.24, 2.45) is 17.6 Å². The van der Waals surface area contributed by atoms with Gasteiger partial charge in [0.15, 0.2) is 11.4 Å². The lowest BCUT2D eigenvalue weighted by atomic mass is 9.54. The number of carbonyl (C=O) groups excluding carboxylic acids is 3. The number of ketones is 2. The van der Waals surface area contributed by atoms with Gasteiger partial charge in [0.2, 0.25) is 5.78 Å². The van der Waals surface area contributed by atoms with Gasteiger partial charge in [-0.25, -0.2) is 0 Å². The molecule has 1 saturated heterocycles. The van der Waals surface area contributed by atoms with Crippen LogP contribution in [0.3, 0.4) is 0 Å². The fourth-order valence-electron chi connectivity index (χ4n) is 7.27. The van der Waals surface area contributed by atoms with Crippen LogP contribution in [-0.4, -0.2) is 111 Å². The lowest BCUT2D eigenvalue weighted by Crippen LogP contribution is -2.70. The van der Waals surface area contributed by atoms with Gasteiger partial charge in [-0.1, -0.05) is 19.1 Å². The van der Waals surface area contributed by atoms with E-state index >= 15 is 0 Å². The van der Waals surface area contributed by atoms with Gasteiger partial charge in [0.05, 0.1) is 23.6 Å². The molecule has 1 amide bonds. The summed E-state index contributed by atoms with van der Waals surface area (Å²) in [6.45, 7) is 3.93. The number of aliphatic hydroxyl groups excluding tert-OH is 3. The van der Waals surface area contributed by atoms with E-state index < -0.39 is 75.6 Å². The van der Waals surface area contributed by atoms with Crippen molar-refractivity contribution >= 4 is 23.2 Å². The standard InChI is InChI=1S/C29H38N4O8/c1-12-15-6-5-13(11-31-14-7-9-33(4)10-8-14)22(34)17(15)23(35)18-16(12)24(36)20-21(32(2)3)25(37)19(28(30)40)27(39)29(20,41)26(18)38/h5-6,12,14,16,20-21,24,31,34-36,39,41H,7-11H2,1-4H3,(H2,30,40). The molecule has 2 fully saturated rings. The number of carbonyl (C=O) groups is 3. The topological polar surface area (TPSA) is 197 Å². The highest BCUT2D eigenvalue weighted by Crippen LogP contribution is 2.56. The molecule has 6 unspecified atom stereocenters. The number of likely N-dealkylation sites (N-methyl/N-ethyl adjacent to an activating group) is 1. The highest BCUT2D eigenvalue weighted by Gasteiger charge is 2.68. The summed E-state index contributed by atoms with van der Waals surface area (Å²) in [4.78, 5) is 43.1. The number of rotatable bonds is 5. The number of primary amides is 1. The van der Waals surface area contributed by atoms with Crippen LogP contribution in [-0.2, 0) is 20.9 Å². The average Bonchev–Trinajstić information content (AvgIpc) is 2.90. The first-order valence-electron chi connectivity index (χ1n) is 13.8. The van der Waals surface area contributed by atoms with E-state index in [0.29, 0.717) is 17.7 Å². The normalized spacial score (nSPS) is 32.7. The first-order valence-corrected chi connectivity index (χ1v) is 13.8.